The van der Waals surface area contributed by atoms with Gasteiger partial charge in [0.2, 0.25) is 0 Å². The van der Waals surface area contributed by atoms with Crippen LogP contribution in [0.3, 0.4) is 0 Å². The molecule has 2 amide bonds. The second-order valence-electron chi connectivity index (χ2n) is 8.00. The molecule has 2 aromatic rings. The lowest BCUT2D eigenvalue weighted by atomic mass is 10.1. The summed E-state index contributed by atoms with van der Waals surface area (Å²) in [4.78, 5) is 24.6. The number of thiocarbonyl (C=S) groups is 1. The molecule has 0 atom stereocenters. The molecule has 6 nitrogen and oxygen atoms in total. The second kappa shape index (κ2) is 10.0. The van der Waals surface area contributed by atoms with Crippen molar-refractivity contribution < 1.29 is 14.3 Å². The highest BCUT2D eigenvalue weighted by molar-refractivity contribution is 9.10. The van der Waals surface area contributed by atoms with Crippen molar-refractivity contribution in [3.05, 3.63) is 58.1 Å². The van der Waals surface area contributed by atoms with Crippen molar-refractivity contribution in [2.75, 3.05) is 5.32 Å². The van der Waals surface area contributed by atoms with Gasteiger partial charge >= 0.3 is 0 Å². The van der Waals surface area contributed by atoms with Crippen molar-refractivity contribution >= 4 is 50.8 Å². The topological polar surface area (TPSA) is 79.5 Å². The van der Waals surface area contributed by atoms with Crippen LogP contribution in [0, 0.1) is 0 Å². The first-order chi connectivity index (χ1) is 13.9. The average molecular weight is 492 g/mol. The van der Waals surface area contributed by atoms with Gasteiger partial charge in [-0.15, -0.1) is 0 Å². The quantitative estimate of drug-likeness (QED) is 0.518. The number of anilines is 1. The van der Waals surface area contributed by atoms with Crippen LogP contribution in [-0.4, -0.2) is 28.6 Å². The number of ether oxygens (including phenoxy) is 1. The van der Waals surface area contributed by atoms with Crippen molar-refractivity contribution in [3.63, 3.8) is 0 Å². The molecule has 0 aliphatic heterocycles. The molecular formula is C22H26BrN3O3S. The zero-order valence-electron chi connectivity index (χ0n) is 17.6. The summed E-state index contributed by atoms with van der Waals surface area (Å²) >= 11 is 8.64. The highest BCUT2D eigenvalue weighted by atomic mass is 79.9. The lowest BCUT2D eigenvalue weighted by Crippen LogP contribution is -2.40. The van der Waals surface area contributed by atoms with E-state index in [1.54, 1.807) is 42.5 Å². The second-order valence-corrected chi connectivity index (χ2v) is 9.26. The van der Waals surface area contributed by atoms with Crippen LogP contribution in [0.5, 0.6) is 5.75 Å². The predicted molar refractivity (Wildman–Crippen MR) is 127 cm³/mol. The van der Waals surface area contributed by atoms with E-state index >= 15 is 0 Å². The summed E-state index contributed by atoms with van der Waals surface area (Å²) in [5.74, 6) is 0.170. The Hall–Kier alpha value is -2.45. The molecule has 0 heterocycles. The Balaban J connectivity index is 1.96. The lowest BCUT2D eigenvalue weighted by Gasteiger charge is -2.20. The number of benzene rings is 2. The molecule has 2 rings (SSSR count). The molecule has 0 aliphatic rings. The van der Waals surface area contributed by atoms with Gasteiger partial charge in [-0.3, -0.25) is 14.9 Å². The molecule has 0 unspecified atom stereocenters. The summed E-state index contributed by atoms with van der Waals surface area (Å²) in [5, 5.41) is 8.64. The Morgan fingerprint density at radius 3 is 2.13 bits per heavy atom. The number of halogens is 1. The van der Waals surface area contributed by atoms with Crippen LogP contribution in [-0.2, 0) is 0 Å². The molecule has 0 bridgehead atoms. The third-order valence-electron chi connectivity index (χ3n) is 3.68. The zero-order valence-corrected chi connectivity index (χ0v) is 20.0. The number of nitrogens with one attached hydrogen (secondary N) is 3. The van der Waals surface area contributed by atoms with Gasteiger partial charge in [-0.05, 0) is 105 Å². The van der Waals surface area contributed by atoms with E-state index in [1.165, 1.54) is 0 Å². The van der Waals surface area contributed by atoms with Crippen molar-refractivity contribution in [1.29, 1.82) is 0 Å². The van der Waals surface area contributed by atoms with E-state index in [9.17, 15) is 9.59 Å². The van der Waals surface area contributed by atoms with E-state index in [0.29, 0.717) is 27.0 Å². The Morgan fingerprint density at radius 1 is 1.00 bits per heavy atom. The first-order valence-electron chi connectivity index (χ1n) is 9.46. The molecule has 0 aromatic heterocycles. The van der Waals surface area contributed by atoms with Crippen molar-refractivity contribution in [3.8, 4) is 5.75 Å². The minimum Gasteiger partial charge on any atom is -0.490 e. The van der Waals surface area contributed by atoms with Gasteiger partial charge in [-0.1, -0.05) is 0 Å². The molecule has 0 saturated carbocycles. The highest BCUT2D eigenvalue weighted by Crippen LogP contribution is 2.27. The summed E-state index contributed by atoms with van der Waals surface area (Å²) in [6, 6.07) is 11.9. The number of carbonyl (C=O) groups excluding carboxylic acids is 2. The van der Waals surface area contributed by atoms with Crippen molar-refractivity contribution in [2.24, 2.45) is 0 Å². The van der Waals surface area contributed by atoms with Gasteiger partial charge < -0.3 is 15.4 Å². The van der Waals surface area contributed by atoms with Gasteiger partial charge in [0.25, 0.3) is 11.8 Å². The Labute approximate surface area is 190 Å². The number of amides is 2. The van der Waals surface area contributed by atoms with E-state index in [2.05, 4.69) is 31.9 Å². The van der Waals surface area contributed by atoms with Crippen LogP contribution in [0.25, 0.3) is 0 Å². The molecule has 160 valence electrons. The Kier molecular flexibility index (Phi) is 7.97. The SMILES string of the molecule is CC(C)Oc1ccc(C(=O)NC(=S)Nc2ccc(C(=O)NC(C)(C)C)cc2)cc1Br. The molecule has 8 heteroatoms. The fourth-order valence-corrected chi connectivity index (χ4v) is 3.13. The lowest BCUT2D eigenvalue weighted by molar-refractivity contribution is 0.0918. The minimum absolute atomic E-state index is 0.0312. The van der Waals surface area contributed by atoms with E-state index in [1.807, 2.05) is 34.6 Å². The molecule has 0 saturated heterocycles. The third kappa shape index (κ3) is 7.42. The van der Waals surface area contributed by atoms with E-state index in [-0.39, 0.29) is 28.6 Å². The van der Waals surface area contributed by atoms with Gasteiger partial charge in [0.05, 0.1) is 10.6 Å². The molecule has 0 spiro atoms. The van der Waals surface area contributed by atoms with Crippen LogP contribution >= 0.6 is 28.1 Å². The largest absolute Gasteiger partial charge is 0.490 e. The molecule has 3 N–H and O–H groups in total. The zero-order chi connectivity index (χ0) is 22.5. The third-order valence-corrected chi connectivity index (χ3v) is 4.50. The number of hydrogen-bond donors (Lipinski definition) is 3. The van der Waals surface area contributed by atoms with Gasteiger partial charge in [-0.2, -0.15) is 0 Å². The van der Waals surface area contributed by atoms with E-state index in [4.69, 9.17) is 17.0 Å². The van der Waals surface area contributed by atoms with E-state index in [0.717, 1.165) is 0 Å². The molecule has 30 heavy (non-hydrogen) atoms. The molecule has 0 fully saturated rings. The minimum atomic E-state index is -0.342. The van der Waals surface area contributed by atoms with Gasteiger partial charge in [0.15, 0.2) is 5.11 Å². The predicted octanol–water partition coefficient (Wildman–Crippen LogP) is 4.89. The smallest absolute Gasteiger partial charge is 0.257 e. The van der Waals surface area contributed by atoms with Crippen molar-refractivity contribution in [1.82, 2.24) is 10.6 Å². The standard InChI is InChI=1S/C22H26BrN3O3S/c1-13(2)29-18-11-8-15(12-17(18)23)19(27)25-21(30)24-16-9-6-14(7-10-16)20(28)26-22(3,4)5/h6-13H,1-5H3,(H,26,28)(H2,24,25,27,30). The summed E-state index contributed by atoms with van der Waals surface area (Å²) < 4.78 is 6.33. The van der Waals surface area contributed by atoms with Gasteiger partial charge in [-0.25, -0.2) is 0 Å². The number of rotatable bonds is 5. The number of hydrogen-bond acceptors (Lipinski definition) is 4. The van der Waals surface area contributed by atoms with Crippen molar-refractivity contribution in [2.45, 2.75) is 46.3 Å². The summed E-state index contributed by atoms with van der Waals surface area (Å²) in [6.45, 7) is 9.63. The summed E-state index contributed by atoms with van der Waals surface area (Å²) in [5.41, 5.74) is 1.33. The Bertz CT molecular complexity index is 938. The summed E-state index contributed by atoms with van der Waals surface area (Å²) in [7, 11) is 0. The highest BCUT2D eigenvalue weighted by Gasteiger charge is 2.15. The maximum Gasteiger partial charge on any atom is 0.257 e. The maximum absolute atomic E-state index is 12.5. The van der Waals surface area contributed by atoms with Crippen LogP contribution in [0.1, 0.15) is 55.3 Å². The normalized spacial score (nSPS) is 11.0. The van der Waals surface area contributed by atoms with Crippen LogP contribution in [0.15, 0.2) is 46.9 Å². The fourth-order valence-electron chi connectivity index (χ4n) is 2.45. The molecule has 2 aromatic carbocycles. The maximum atomic E-state index is 12.5. The van der Waals surface area contributed by atoms with Crippen LogP contribution in [0.2, 0.25) is 0 Å². The first kappa shape index (κ1) is 23.8. The van der Waals surface area contributed by atoms with Crippen LogP contribution in [0.4, 0.5) is 5.69 Å². The van der Waals surface area contributed by atoms with Gasteiger partial charge in [0, 0.05) is 22.4 Å². The Morgan fingerprint density at radius 2 is 1.60 bits per heavy atom. The van der Waals surface area contributed by atoms with E-state index < -0.39 is 0 Å². The molecular weight excluding hydrogens is 466 g/mol. The van der Waals surface area contributed by atoms with Crippen LogP contribution < -0.4 is 20.7 Å². The van der Waals surface area contributed by atoms with Gasteiger partial charge in [0.1, 0.15) is 5.75 Å². The first-order valence-corrected chi connectivity index (χ1v) is 10.7. The molecule has 0 radical (unpaired) electrons. The fraction of sp³-hybridized carbons (Fsp3) is 0.318. The molecule has 0 aliphatic carbocycles. The summed E-state index contributed by atoms with van der Waals surface area (Å²) in [6.07, 6.45) is 0.0312. The number of carbonyl (C=O) groups is 2. The monoisotopic (exact) mass is 491 g/mol. The average Bonchev–Trinajstić information content (AvgIpc) is 2.62.